The fourth-order valence-electron chi connectivity index (χ4n) is 2.61. The molecule has 0 spiro atoms. The first kappa shape index (κ1) is 17.5. The second-order valence-electron chi connectivity index (χ2n) is 6.96. The zero-order chi connectivity index (χ0) is 18.6. The Bertz CT molecular complexity index is 780. The molecule has 138 valence electrons. The number of carbonyl (C=O) groups excluding carboxylic acids is 2. The van der Waals surface area contributed by atoms with E-state index in [1.54, 1.807) is 48.5 Å². The SMILES string of the molecule is O=C(NC1CC1)c1cccc(OBOc2cccc(C(=O)NC3CC3)c2)c1. The predicted octanol–water partition coefficient (Wildman–Crippen LogP) is 2.20. The third-order valence-electron chi connectivity index (χ3n) is 4.47. The van der Waals surface area contributed by atoms with Crippen LogP contribution in [0.25, 0.3) is 0 Å². The second-order valence-corrected chi connectivity index (χ2v) is 6.96. The number of nitrogens with one attached hydrogen (secondary N) is 2. The highest BCUT2D eigenvalue weighted by atomic mass is 16.6. The molecule has 2 aromatic carbocycles. The monoisotopic (exact) mass is 364 g/mol. The molecule has 0 heterocycles. The Balaban J connectivity index is 1.30. The molecule has 0 bridgehead atoms. The zero-order valence-electron chi connectivity index (χ0n) is 14.9. The molecular formula is C20H21BN2O4. The summed E-state index contributed by atoms with van der Waals surface area (Å²) in [5.41, 5.74) is 1.14. The van der Waals surface area contributed by atoms with Crippen molar-refractivity contribution >= 4 is 19.5 Å². The Labute approximate surface area is 158 Å². The van der Waals surface area contributed by atoms with E-state index in [1.807, 2.05) is 0 Å². The summed E-state index contributed by atoms with van der Waals surface area (Å²) in [7, 11) is -0.0125. The van der Waals surface area contributed by atoms with Gasteiger partial charge in [-0.2, -0.15) is 0 Å². The van der Waals surface area contributed by atoms with Crippen LogP contribution in [0.1, 0.15) is 46.4 Å². The highest BCUT2D eigenvalue weighted by Crippen LogP contribution is 2.21. The normalized spacial score (nSPS) is 15.6. The van der Waals surface area contributed by atoms with Crippen molar-refractivity contribution in [3.8, 4) is 11.5 Å². The molecule has 2 aromatic rings. The van der Waals surface area contributed by atoms with Crippen molar-refractivity contribution in [2.24, 2.45) is 0 Å². The number of benzene rings is 2. The Morgan fingerprint density at radius 3 is 1.63 bits per heavy atom. The summed E-state index contributed by atoms with van der Waals surface area (Å²) < 4.78 is 11.2. The molecule has 0 saturated heterocycles. The fraction of sp³-hybridized carbons (Fsp3) is 0.300. The van der Waals surface area contributed by atoms with Gasteiger partial charge in [0.25, 0.3) is 11.8 Å². The van der Waals surface area contributed by atoms with Crippen LogP contribution in [0.15, 0.2) is 48.5 Å². The number of hydrogen-bond acceptors (Lipinski definition) is 4. The molecule has 0 unspecified atom stereocenters. The van der Waals surface area contributed by atoms with Gasteiger partial charge in [-0.1, -0.05) is 12.1 Å². The molecule has 0 aliphatic heterocycles. The second kappa shape index (κ2) is 7.74. The van der Waals surface area contributed by atoms with E-state index in [9.17, 15) is 9.59 Å². The van der Waals surface area contributed by atoms with Gasteiger partial charge in [0.1, 0.15) is 11.5 Å². The largest absolute Gasteiger partial charge is 0.576 e. The van der Waals surface area contributed by atoms with Crippen LogP contribution in [0.3, 0.4) is 0 Å². The molecule has 2 amide bonds. The van der Waals surface area contributed by atoms with Gasteiger partial charge in [0.15, 0.2) is 0 Å². The zero-order valence-corrected chi connectivity index (χ0v) is 14.9. The molecular weight excluding hydrogens is 343 g/mol. The maximum Gasteiger partial charge on any atom is 0.576 e. The Hall–Kier alpha value is -2.96. The van der Waals surface area contributed by atoms with Crippen molar-refractivity contribution < 1.29 is 18.9 Å². The highest BCUT2D eigenvalue weighted by Gasteiger charge is 2.24. The van der Waals surface area contributed by atoms with Crippen LogP contribution in [0.4, 0.5) is 0 Å². The minimum Gasteiger partial charge on any atom is -0.529 e. The molecule has 0 radical (unpaired) electrons. The summed E-state index contributed by atoms with van der Waals surface area (Å²) in [6, 6.07) is 14.6. The van der Waals surface area contributed by atoms with Gasteiger partial charge in [0, 0.05) is 23.2 Å². The van der Waals surface area contributed by atoms with Gasteiger partial charge in [0.2, 0.25) is 0 Å². The standard InChI is InChI=1S/C20H21BN2O4/c24-19(22-15-7-8-15)13-3-1-5-17(11-13)26-21-27-18-6-2-4-14(12-18)20(25)23-16-9-10-16/h1-6,11-12,15-16,21H,7-10H2,(H,22,24)(H,23,25). The average Bonchev–Trinajstić information content (AvgIpc) is 3.59. The lowest BCUT2D eigenvalue weighted by molar-refractivity contribution is 0.0942. The third-order valence-corrected chi connectivity index (χ3v) is 4.47. The Morgan fingerprint density at radius 2 is 1.22 bits per heavy atom. The minimum absolute atomic E-state index is 0.0125. The van der Waals surface area contributed by atoms with Gasteiger partial charge < -0.3 is 19.9 Å². The van der Waals surface area contributed by atoms with Crippen LogP contribution in [0.2, 0.25) is 0 Å². The molecule has 2 saturated carbocycles. The van der Waals surface area contributed by atoms with Crippen molar-refractivity contribution in [1.82, 2.24) is 10.6 Å². The maximum atomic E-state index is 12.1. The van der Waals surface area contributed by atoms with Crippen molar-refractivity contribution in [3.05, 3.63) is 59.7 Å². The van der Waals surface area contributed by atoms with Crippen LogP contribution in [-0.2, 0) is 0 Å². The predicted molar refractivity (Wildman–Crippen MR) is 102 cm³/mol. The Kier molecular flexibility index (Phi) is 5.00. The smallest absolute Gasteiger partial charge is 0.529 e. The van der Waals surface area contributed by atoms with E-state index >= 15 is 0 Å². The third kappa shape index (κ3) is 5.03. The molecule has 6 nitrogen and oxygen atoms in total. The van der Waals surface area contributed by atoms with Crippen LogP contribution >= 0.6 is 0 Å². The summed E-state index contributed by atoms with van der Waals surface area (Å²) in [4.78, 5) is 24.2. The summed E-state index contributed by atoms with van der Waals surface area (Å²) in [5, 5.41) is 5.90. The van der Waals surface area contributed by atoms with E-state index in [4.69, 9.17) is 9.31 Å². The lowest BCUT2D eigenvalue weighted by Gasteiger charge is -2.10. The van der Waals surface area contributed by atoms with E-state index in [-0.39, 0.29) is 19.5 Å². The van der Waals surface area contributed by atoms with E-state index in [2.05, 4.69) is 10.6 Å². The lowest BCUT2D eigenvalue weighted by Crippen LogP contribution is -2.25. The Morgan fingerprint density at radius 1 is 0.778 bits per heavy atom. The van der Waals surface area contributed by atoms with Gasteiger partial charge in [-0.15, -0.1) is 0 Å². The molecule has 0 atom stereocenters. The molecule has 2 fully saturated rings. The number of carbonyl (C=O) groups is 2. The van der Waals surface area contributed by atoms with Gasteiger partial charge in [-0.05, 0) is 62.1 Å². The van der Waals surface area contributed by atoms with Crippen molar-refractivity contribution in [1.29, 1.82) is 0 Å². The van der Waals surface area contributed by atoms with Gasteiger partial charge in [-0.3, -0.25) is 9.59 Å². The average molecular weight is 364 g/mol. The lowest BCUT2D eigenvalue weighted by atomic mass is 10.2. The van der Waals surface area contributed by atoms with Crippen molar-refractivity contribution in [2.45, 2.75) is 37.8 Å². The maximum absolute atomic E-state index is 12.1. The highest BCUT2D eigenvalue weighted by molar-refractivity contribution is 6.20. The quantitative estimate of drug-likeness (QED) is 0.704. The van der Waals surface area contributed by atoms with Crippen LogP contribution in [0.5, 0.6) is 11.5 Å². The summed E-state index contributed by atoms with van der Waals surface area (Å²) in [5.74, 6) is 0.943. The van der Waals surface area contributed by atoms with Crippen LogP contribution in [-0.4, -0.2) is 31.6 Å². The molecule has 2 aliphatic carbocycles. The van der Waals surface area contributed by atoms with Gasteiger partial charge in [0.05, 0.1) is 0 Å². The number of amides is 2. The van der Waals surface area contributed by atoms with E-state index < -0.39 is 0 Å². The van der Waals surface area contributed by atoms with Crippen LogP contribution in [0, 0.1) is 0 Å². The van der Waals surface area contributed by atoms with Crippen LogP contribution < -0.4 is 19.9 Å². The first-order valence-electron chi connectivity index (χ1n) is 9.25. The van der Waals surface area contributed by atoms with E-state index in [1.165, 1.54) is 0 Å². The number of rotatable bonds is 8. The first-order chi connectivity index (χ1) is 13.2. The molecule has 0 aromatic heterocycles. The van der Waals surface area contributed by atoms with Gasteiger partial charge >= 0.3 is 7.69 Å². The molecule has 2 N–H and O–H groups in total. The molecule has 2 aliphatic rings. The van der Waals surface area contributed by atoms with Crippen molar-refractivity contribution in [3.63, 3.8) is 0 Å². The molecule has 7 heteroatoms. The van der Waals surface area contributed by atoms with Gasteiger partial charge in [-0.25, -0.2) is 0 Å². The fourth-order valence-corrected chi connectivity index (χ4v) is 2.61. The molecule has 27 heavy (non-hydrogen) atoms. The summed E-state index contributed by atoms with van der Waals surface area (Å²) in [6.07, 6.45) is 4.20. The number of hydrogen-bond donors (Lipinski definition) is 2. The summed E-state index contributed by atoms with van der Waals surface area (Å²) >= 11 is 0. The van der Waals surface area contributed by atoms with E-state index in [0.29, 0.717) is 34.7 Å². The topological polar surface area (TPSA) is 76.7 Å². The minimum atomic E-state index is -0.0850. The van der Waals surface area contributed by atoms with E-state index in [0.717, 1.165) is 25.7 Å². The first-order valence-corrected chi connectivity index (χ1v) is 9.25. The molecule has 4 rings (SSSR count). The summed E-state index contributed by atoms with van der Waals surface area (Å²) in [6.45, 7) is 0. The van der Waals surface area contributed by atoms with Crippen molar-refractivity contribution in [2.75, 3.05) is 0 Å².